The Morgan fingerprint density at radius 2 is 2.19 bits per heavy atom. The van der Waals surface area contributed by atoms with Crippen molar-refractivity contribution in [1.82, 2.24) is 9.97 Å². The number of rotatable bonds is 3. The van der Waals surface area contributed by atoms with Gasteiger partial charge in [0.1, 0.15) is 6.10 Å². The van der Waals surface area contributed by atoms with Gasteiger partial charge in [-0.1, -0.05) is 11.6 Å². The van der Waals surface area contributed by atoms with Gasteiger partial charge in [0, 0.05) is 17.5 Å². The van der Waals surface area contributed by atoms with Crippen LogP contribution in [0.25, 0.3) is 0 Å². The summed E-state index contributed by atoms with van der Waals surface area (Å²) in [6.45, 7) is 1.86. The number of aryl methyl sites for hydroxylation is 1. The minimum Gasteiger partial charge on any atom is -0.386 e. The van der Waals surface area contributed by atoms with Gasteiger partial charge in [-0.05, 0) is 19.1 Å². The molecule has 0 aliphatic heterocycles. The van der Waals surface area contributed by atoms with Crippen LogP contribution < -0.4 is 0 Å². The van der Waals surface area contributed by atoms with Gasteiger partial charge in [-0.3, -0.25) is 9.97 Å². The molecule has 1 unspecified atom stereocenters. The van der Waals surface area contributed by atoms with Crippen molar-refractivity contribution in [1.29, 1.82) is 0 Å². The molecule has 0 saturated carbocycles. The van der Waals surface area contributed by atoms with E-state index in [0.29, 0.717) is 12.1 Å². The number of hydrogen-bond acceptors (Lipinski definition) is 4. The van der Waals surface area contributed by atoms with Crippen LogP contribution >= 0.6 is 22.9 Å². The second-order valence-corrected chi connectivity index (χ2v) is 5.31. The quantitative estimate of drug-likeness (QED) is 0.916. The van der Waals surface area contributed by atoms with Crippen LogP contribution in [0.4, 0.5) is 0 Å². The van der Waals surface area contributed by atoms with Crippen molar-refractivity contribution in [2.24, 2.45) is 0 Å². The van der Waals surface area contributed by atoms with Crippen molar-refractivity contribution in [3.05, 3.63) is 45.1 Å². The molecule has 0 bridgehead atoms. The summed E-state index contributed by atoms with van der Waals surface area (Å²) in [6.07, 6.45) is 3.16. The number of aliphatic hydroxyl groups is 1. The molecule has 3 nitrogen and oxygen atoms in total. The van der Waals surface area contributed by atoms with Crippen LogP contribution in [0.2, 0.25) is 4.34 Å². The SMILES string of the molecule is Cc1cnc(C(O)Cc2ccc(Cl)s2)cn1. The molecule has 0 saturated heterocycles. The van der Waals surface area contributed by atoms with Gasteiger partial charge >= 0.3 is 0 Å². The lowest BCUT2D eigenvalue weighted by Gasteiger charge is -2.07. The summed E-state index contributed by atoms with van der Waals surface area (Å²) in [7, 11) is 0. The number of aliphatic hydroxyl groups excluding tert-OH is 1. The fraction of sp³-hybridized carbons (Fsp3) is 0.273. The molecule has 2 rings (SSSR count). The molecule has 0 radical (unpaired) electrons. The van der Waals surface area contributed by atoms with Crippen molar-refractivity contribution < 1.29 is 5.11 Å². The van der Waals surface area contributed by atoms with Crippen LogP contribution in [-0.2, 0) is 6.42 Å². The van der Waals surface area contributed by atoms with Crippen molar-refractivity contribution >= 4 is 22.9 Å². The maximum Gasteiger partial charge on any atom is 0.102 e. The first kappa shape index (κ1) is 11.5. The van der Waals surface area contributed by atoms with Gasteiger partial charge in [-0.15, -0.1) is 11.3 Å². The maximum atomic E-state index is 9.94. The molecular formula is C11H11ClN2OS. The smallest absolute Gasteiger partial charge is 0.102 e. The van der Waals surface area contributed by atoms with Gasteiger partial charge in [-0.2, -0.15) is 0 Å². The topological polar surface area (TPSA) is 46.0 Å². The Bertz CT molecular complexity index is 469. The molecule has 0 fully saturated rings. The first-order chi connectivity index (χ1) is 7.65. The first-order valence-electron chi connectivity index (χ1n) is 4.86. The predicted octanol–water partition coefficient (Wildman–Crippen LogP) is 2.78. The van der Waals surface area contributed by atoms with Crippen molar-refractivity contribution in [2.45, 2.75) is 19.4 Å². The highest BCUT2D eigenvalue weighted by Crippen LogP contribution is 2.25. The van der Waals surface area contributed by atoms with E-state index in [-0.39, 0.29) is 0 Å². The third kappa shape index (κ3) is 2.78. The average Bonchev–Trinajstić information content (AvgIpc) is 2.65. The minimum absolute atomic E-state index is 0.523. The van der Waals surface area contributed by atoms with Crippen LogP contribution in [0.5, 0.6) is 0 Å². The Morgan fingerprint density at radius 3 is 2.75 bits per heavy atom. The molecule has 0 spiro atoms. The summed E-state index contributed by atoms with van der Waals surface area (Å²) in [5.41, 5.74) is 1.44. The molecule has 2 heterocycles. The fourth-order valence-corrected chi connectivity index (χ4v) is 2.46. The standard InChI is InChI=1S/C11H11ClN2OS/c1-7-5-14-9(6-13-7)10(15)4-8-2-3-11(12)16-8/h2-3,5-6,10,15H,4H2,1H3. The molecule has 0 amide bonds. The Balaban J connectivity index is 2.08. The molecule has 0 aromatic carbocycles. The summed E-state index contributed by atoms with van der Waals surface area (Å²) in [5, 5.41) is 9.94. The molecule has 0 aliphatic rings. The summed E-state index contributed by atoms with van der Waals surface area (Å²) in [5.74, 6) is 0. The van der Waals surface area contributed by atoms with E-state index in [0.717, 1.165) is 14.9 Å². The van der Waals surface area contributed by atoms with Crippen LogP contribution in [-0.4, -0.2) is 15.1 Å². The number of thiophene rings is 1. The van der Waals surface area contributed by atoms with Gasteiger partial charge in [0.15, 0.2) is 0 Å². The molecule has 2 aromatic rings. The lowest BCUT2D eigenvalue weighted by atomic mass is 10.2. The maximum absolute atomic E-state index is 9.94. The number of nitrogens with zero attached hydrogens (tertiary/aromatic N) is 2. The second-order valence-electron chi connectivity index (χ2n) is 3.51. The number of aromatic nitrogens is 2. The molecule has 1 N–H and O–H groups in total. The molecule has 16 heavy (non-hydrogen) atoms. The molecule has 0 aliphatic carbocycles. The van der Waals surface area contributed by atoms with Gasteiger partial charge in [0.2, 0.25) is 0 Å². The highest BCUT2D eigenvalue weighted by molar-refractivity contribution is 7.16. The zero-order valence-corrected chi connectivity index (χ0v) is 10.3. The molecular weight excluding hydrogens is 244 g/mol. The predicted molar refractivity (Wildman–Crippen MR) is 64.8 cm³/mol. The Labute approximate surface area is 103 Å². The van der Waals surface area contributed by atoms with Gasteiger partial charge < -0.3 is 5.11 Å². The first-order valence-corrected chi connectivity index (χ1v) is 6.05. The Morgan fingerprint density at radius 1 is 1.38 bits per heavy atom. The molecule has 5 heteroatoms. The van der Waals surface area contributed by atoms with E-state index >= 15 is 0 Å². The largest absolute Gasteiger partial charge is 0.386 e. The van der Waals surface area contributed by atoms with Crippen molar-refractivity contribution in [3.8, 4) is 0 Å². The Kier molecular flexibility index (Phi) is 3.53. The monoisotopic (exact) mass is 254 g/mol. The highest BCUT2D eigenvalue weighted by Gasteiger charge is 2.11. The molecule has 1 atom stereocenters. The second kappa shape index (κ2) is 4.91. The zero-order valence-electron chi connectivity index (χ0n) is 8.72. The lowest BCUT2D eigenvalue weighted by molar-refractivity contribution is 0.174. The third-order valence-electron chi connectivity index (χ3n) is 2.17. The van der Waals surface area contributed by atoms with Crippen LogP contribution in [0, 0.1) is 6.92 Å². The van der Waals surface area contributed by atoms with E-state index < -0.39 is 6.10 Å². The van der Waals surface area contributed by atoms with Crippen LogP contribution in [0.1, 0.15) is 22.4 Å². The van der Waals surface area contributed by atoms with Crippen molar-refractivity contribution in [3.63, 3.8) is 0 Å². The van der Waals surface area contributed by atoms with E-state index in [2.05, 4.69) is 9.97 Å². The van der Waals surface area contributed by atoms with Crippen molar-refractivity contribution in [2.75, 3.05) is 0 Å². The van der Waals surface area contributed by atoms with E-state index in [1.807, 2.05) is 19.1 Å². The van der Waals surface area contributed by atoms with E-state index in [1.54, 1.807) is 12.4 Å². The average molecular weight is 255 g/mol. The van der Waals surface area contributed by atoms with Gasteiger partial charge in [0.05, 0.1) is 21.9 Å². The van der Waals surface area contributed by atoms with Crippen LogP contribution in [0.15, 0.2) is 24.5 Å². The lowest BCUT2D eigenvalue weighted by Crippen LogP contribution is -2.04. The van der Waals surface area contributed by atoms with E-state index in [9.17, 15) is 5.11 Å². The van der Waals surface area contributed by atoms with E-state index in [4.69, 9.17) is 11.6 Å². The zero-order chi connectivity index (χ0) is 11.5. The summed E-state index contributed by atoms with van der Waals surface area (Å²) in [4.78, 5) is 9.28. The van der Waals surface area contributed by atoms with Crippen LogP contribution in [0.3, 0.4) is 0 Å². The summed E-state index contributed by atoms with van der Waals surface area (Å²) in [6, 6.07) is 3.74. The summed E-state index contributed by atoms with van der Waals surface area (Å²) < 4.78 is 0.734. The Hall–Kier alpha value is -0.970. The third-order valence-corrected chi connectivity index (χ3v) is 3.42. The minimum atomic E-state index is -0.622. The fourth-order valence-electron chi connectivity index (χ4n) is 1.33. The molecule has 84 valence electrons. The normalized spacial score (nSPS) is 12.7. The number of halogens is 1. The van der Waals surface area contributed by atoms with Gasteiger partial charge in [0.25, 0.3) is 0 Å². The highest BCUT2D eigenvalue weighted by atomic mass is 35.5. The van der Waals surface area contributed by atoms with E-state index in [1.165, 1.54) is 11.3 Å². The molecule has 2 aromatic heterocycles. The van der Waals surface area contributed by atoms with Gasteiger partial charge in [-0.25, -0.2) is 0 Å². The number of hydrogen-bond donors (Lipinski definition) is 1. The summed E-state index contributed by atoms with van der Waals surface area (Å²) >= 11 is 7.29.